The monoisotopic (exact) mass is 224 g/mol. The molecular formula is C11H20N4O. The minimum atomic E-state index is 0.596. The molecule has 1 aromatic heterocycles. The van der Waals surface area contributed by atoms with E-state index in [0.717, 1.165) is 26.2 Å². The van der Waals surface area contributed by atoms with E-state index < -0.39 is 0 Å². The molecule has 2 N–H and O–H groups in total. The van der Waals surface area contributed by atoms with Gasteiger partial charge in [-0.05, 0) is 24.9 Å². The Hall–Kier alpha value is -1.07. The molecule has 1 unspecified atom stereocenters. The van der Waals surface area contributed by atoms with Crippen LogP contribution in [0.15, 0.2) is 12.3 Å². The van der Waals surface area contributed by atoms with Gasteiger partial charge in [0.1, 0.15) is 5.82 Å². The molecule has 1 saturated heterocycles. The van der Waals surface area contributed by atoms with E-state index in [-0.39, 0.29) is 0 Å². The molecule has 16 heavy (non-hydrogen) atoms. The van der Waals surface area contributed by atoms with Gasteiger partial charge in [0.05, 0.1) is 13.2 Å². The van der Waals surface area contributed by atoms with Gasteiger partial charge in [-0.15, -0.1) is 0 Å². The van der Waals surface area contributed by atoms with E-state index >= 15 is 0 Å². The predicted molar refractivity (Wildman–Crippen MR) is 63.1 cm³/mol. The maximum atomic E-state index is 5.56. The number of nitrogen functional groups attached to an aromatic ring is 1. The second-order valence-corrected chi connectivity index (χ2v) is 4.41. The molecule has 0 aliphatic carbocycles. The molecule has 0 saturated carbocycles. The zero-order valence-corrected chi connectivity index (χ0v) is 9.80. The molecule has 1 atom stereocenters. The quantitative estimate of drug-likeness (QED) is 0.788. The zero-order valence-electron chi connectivity index (χ0n) is 9.80. The van der Waals surface area contributed by atoms with Crippen LogP contribution in [0, 0.1) is 5.92 Å². The number of nitrogens with zero attached hydrogens (tertiary/aromatic N) is 3. The number of likely N-dealkylation sites (tertiary alicyclic amines) is 1. The Labute approximate surface area is 96.2 Å². The minimum absolute atomic E-state index is 0.596. The summed E-state index contributed by atoms with van der Waals surface area (Å²) >= 11 is 0. The number of aromatic nitrogens is 2. The van der Waals surface area contributed by atoms with Crippen molar-refractivity contribution in [2.24, 2.45) is 5.92 Å². The lowest BCUT2D eigenvalue weighted by Gasteiger charge is -2.15. The summed E-state index contributed by atoms with van der Waals surface area (Å²) in [5, 5.41) is 4.17. The zero-order chi connectivity index (χ0) is 11.4. The summed E-state index contributed by atoms with van der Waals surface area (Å²) in [4.78, 5) is 2.46. The highest BCUT2D eigenvalue weighted by Crippen LogP contribution is 2.15. The Morgan fingerprint density at radius 2 is 2.44 bits per heavy atom. The van der Waals surface area contributed by atoms with Gasteiger partial charge in [-0.3, -0.25) is 4.68 Å². The highest BCUT2D eigenvalue weighted by molar-refractivity contribution is 5.23. The molecule has 0 spiro atoms. The van der Waals surface area contributed by atoms with E-state index in [1.807, 2.05) is 16.9 Å². The molecule has 2 rings (SSSR count). The summed E-state index contributed by atoms with van der Waals surface area (Å²) < 4.78 is 7.08. The van der Waals surface area contributed by atoms with Crippen molar-refractivity contribution < 1.29 is 4.74 Å². The summed E-state index contributed by atoms with van der Waals surface area (Å²) in [6.07, 6.45) is 3.17. The van der Waals surface area contributed by atoms with Crippen LogP contribution in [0.4, 0.5) is 5.82 Å². The molecule has 0 aromatic carbocycles. The number of ether oxygens (including phenoxy) is 1. The molecule has 5 heteroatoms. The third kappa shape index (κ3) is 2.96. The maximum Gasteiger partial charge on any atom is 0.145 e. The molecule has 2 heterocycles. The van der Waals surface area contributed by atoms with Gasteiger partial charge < -0.3 is 15.4 Å². The summed E-state index contributed by atoms with van der Waals surface area (Å²) in [5.41, 5.74) is 5.56. The van der Waals surface area contributed by atoms with Gasteiger partial charge in [0.2, 0.25) is 0 Å². The Morgan fingerprint density at radius 1 is 1.56 bits per heavy atom. The molecule has 1 aliphatic rings. The van der Waals surface area contributed by atoms with Crippen molar-refractivity contribution in [3.8, 4) is 0 Å². The molecule has 5 nitrogen and oxygen atoms in total. The maximum absolute atomic E-state index is 5.56. The van der Waals surface area contributed by atoms with Gasteiger partial charge in [0.25, 0.3) is 0 Å². The Balaban J connectivity index is 1.71. The summed E-state index contributed by atoms with van der Waals surface area (Å²) in [5.74, 6) is 1.30. The van der Waals surface area contributed by atoms with Gasteiger partial charge in [-0.2, -0.15) is 5.10 Å². The van der Waals surface area contributed by atoms with Crippen molar-refractivity contribution >= 4 is 5.82 Å². The van der Waals surface area contributed by atoms with Crippen molar-refractivity contribution in [1.82, 2.24) is 14.7 Å². The van der Waals surface area contributed by atoms with E-state index in [9.17, 15) is 0 Å². The molecule has 0 radical (unpaired) electrons. The first kappa shape index (κ1) is 11.4. The molecule has 90 valence electrons. The van der Waals surface area contributed by atoms with Crippen LogP contribution < -0.4 is 5.73 Å². The topological polar surface area (TPSA) is 56.3 Å². The third-order valence-electron chi connectivity index (χ3n) is 3.08. The largest absolute Gasteiger partial charge is 0.384 e. The minimum Gasteiger partial charge on any atom is -0.384 e. The molecular weight excluding hydrogens is 204 g/mol. The average molecular weight is 224 g/mol. The first-order valence-corrected chi connectivity index (χ1v) is 5.78. The van der Waals surface area contributed by atoms with Crippen LogP contribution >= 0.6 is 0 Å². The van der Waals surface area contributed by atoms with Gasteiger partial charge >= 0.3 is 0 Å². The highest BCUT2D eigenvalue weighted by atomic mass is 16.5. The third-order valence-corrected chi connectivity index (χ3v) is 3.08. The Bertz CT molecular complexity index is 326. The smallest absolute Gasteiger partial charge is 0.145 e. The van der Waals surface area contributed by atoms with Crippen LogP contribution in [-0.4, -0.2) is 48.0 Å². The molecule has 1 aliphatic heterocycles. The van der Waals surface area contributed by atoms with Crippen molar-refractivity contribution in [2.45, 2.75) is 13.0 Å². The van der Waals surface area contributed by atoms with E-state index in [4.69, 9.17) is 10.5 Å². The number of nitrogens with two attached hydrogens (primary N) is 1. The number of hydrogen-bond acceptors (Lipinski definition) is 4. The Morgan fingerprint density at radius 3 is 3.12 bits per heavy atom. The standard InChI is InChI=1S/C11H20N4O/c1-16-9-10-2-4-14(8-10)6-7-15-5-3-11(12)13-15/h3,5,10H,2,4,6-9H2,1H3,(H2,12,13). The van der Waals surface area contributed by atoms with Crippen LogP contribution in [0.3, 0.4) is 0 Å². The van der Waals surface area contributed by atoms with Crippen molar-refractivity contribution in [1.29, 1.82) is 0 Å². The Kier molecular flexibility index (Phi) is 3.79. The van der Waals surface area contributed by atoms with E-state index in [1.54, 1.807) is 7.11 Å². The lowest BCUT2D eigenvalue weighted by atomic mass is 10.1. The number of hydrogen-bond donors (Lipinski definition) is 1. The van der Waals surface area contributed by atoms with E-state index in [2.05, 4.69) is 10.00 Å². The fourth-order valence-electron chi connectivity index (χ4n) is 2.23. The van der Waals surface area contributed by atoms with Crippen LogP contribution in [0.25, 0.3) is 0 Å². The number of methoxy groups -OCH3 is 1. The normalized spacial score (nSPS) is 21.7. The van der Waals surface area contributed by atoms with Crippen LogP contribution in [0.1, 0.15) is 6.42 Å². The lowest BCUT2D eigenvalue weighted by Crippen LogP contribution is -2.26. The predicted octanol–water partition coefficient (Wildman–Crippen LogP) is 0.434. The fraction of sp³-hybridized carbons (Fsp3) is 0.727. The SMILES string of the molecule is COCC1CCN(CCn2ccc(N)n2)C1. The van der Waals surface area contributed by atoms with Crippen LogP contribution in [0.5, 0.6) is 0 Å². The second kappa shape index (κ2) is 5.32. The van der Waals surface area contributed by atoms with Crippen LogP contribution in [-0.2, 0) is 11.3 Å². The second-order valence-electron chi connectivity index (χ2n) is 4.41. The summed E-state index contributed by atoms with van der Waals surface area (Å²) in [6, 6.07) is 1.83. The molecule has 1 aromatic rings. The van der Waals surface area contributed by atoms with E-state index in [1.165, 1.54) is 13.0 Å². The first-order valence-electron chi connectivity index (χ1n) is 5.78. The van der Waals surface area contributed by atoms with Crippen LogP contribution in [0.2, 0.25) is 0 Å². The molecule has 0 bridgehead atoms. The van der Waals surface area contributed by atoms with Gasteiger partial charge in [0.15, 0.2) is 0 Å². The first-order chi connectivity index (χ1) is 7.78. The highest BCUT2D eigenvalue weighted by Gasteiger charge is 2.21. The summed E-state index contributed by atoms with van der Waals surface area (Å²) in [7, 11) is 1.77. The number of anilines is 1. The average Bonchev–Trinajstić information content (AvgIpc) is 2.85. The molecule has 1 fully saturated rings. The molecule has 0 amide bonds. The van der Waals surface area contributed by atoms with Crippen molar-refractivity contribution in [3.63, 3.8) is 0 Å². The van der Waals surface area contributed by atoms with Gasteiger partial charge in [0, 0.05) is 26.4 Å². The van der Waals surface area contributed by atoms with E-state index in [0.29, 0.717) is 11.7 Å². The number of rotatable bonds is 5. The van der Waals surface area contributed by atoms with Crippen molar-refractivity contribution in [3.05, 3.63) is 12.3 Å². The summed E-state index contributed by atoms with van der Waals surface area (Å²) in [6.45, 7) is 5.15. The fourth-order valence-corrected chi connectivity index (χ4v) is 2.23. The van der Waals surface area contributed by atoms with Crippen molar-refractivity contribution in [2.75, 3.05) is 39.1 Å². The lowest BCUT2D eigenvalue weighted by molar-refractivity contribution is 0.152. The van der Waals surface area contributed by atoms with Gasteiger partial charge in [-0.1, -0.05) is 0 Å². The van der Waals surface area contributed by atoms with Gasteiger partial charge in [-0.25, -0.2) is 0 Å².